The quantitative estimate of drug-likeness (QED) is 0.332. The third-order valence-electron chi connectivity index (χ3n) is 5.64. The van der Waals surface area contributed by atoms with Crippen LogP contribution in [0.4, 0.5) is 5.69 Å². The van der Waals surface area contributed by atoms with Crippen molar-refractivity contribution in [2.24, 2.45) is 4.99 Å². The molecule has 2 aromatic carbocycles. The summed E-state index contributed by atoms with van der Waals surface area (Å²) in [5, 5.41) is 6.82. The molecule has 0 unspecified atom stereocenters. The highest BCUT2D eigenvalue weighted by Crippen LogP contribution is 2.32. The molecule has 2 aromatic rings. The Morgan fingerprint density at radius 2 is 1.68 bits per heavy atom. The van der Waals surface area contributed by atoms with E-state index in [0.29, 0.717) is 13.2 Å². The van der Waals surface area contributed by atoms with Gasteiger partial charge in [0.15, 0.2) is 17.5 Å². The number of hydrogen-bond donors (Lipinski definition) is 2. The first kappa shape index (κ1) is 23.7. The van der Waals surface area contributed by atoms with Gasteiger partial charge in [0.25, 0.3) is 0 Å². The smallest absolute Gasteiger partial charge is 0.195 e. The van der Waals surface area contributed by atoms with E-state index in [1.807, 2.05) is 18.2 Å². The van der Waals surface area contributed by atoms with Crippen LogP contribution in [0.2, 0.25) is 0 Å². The number of benzene rings is 2. The predicted molar refractivity (Wildman–Crippen MR) is 137 cm³/mol. The summed E-state index contributed by atoms with van der Waals surface area (Å²) in [6, 6.07) is 14.6. The predicted octanol–water partition coefficient (Wildman–Crippen LogP) is 4.64. The van der Waals surface area contributed by atoms with Gasteiger partial charge in [-0.25, -0.2) is 0 Å². The first-order valence-electron chi connectivity index (χ1n) is 11.0. The fourth-order valence-corrected chi connectivity index (χ4v) is 3.98. The van der Waals surface area contributed by atoms with Crippen LogP contribution >= 0.6 is 24.0 Å². The summed E-state index contributed by atoms with van der Waals surface area (Å²) in [7, 11) is 1.79. The van der Waals surface area contributed by atoms with E-state index in [-0.39, 0.29) is 24.0 Å². The molecule has 7 heteroatoms. The van der Waals surface area contributed by atoms with E-state index >= 15 is 0 Å². The molecule has 6 nitrogen and oxygen atoms in total. The molecule has 2 N–H and O–H groups in total. The van der Waals surface area contributed by atoms with E-state index in [1.54, 1.807) is 7.05 Å². The Bertz CT molecular complexity index is 868. The van der Waals surface area contributed by atoms with Crippen molar-refractivity contribution in [3.8, 4) is 11.5 Å². The summed E-state index contributed by atoms with van der Waals surface area (Å²) >= 11 is 0. The van der Waals surface area contributed by atoms with Gasteiger partial charge < -0.3 is 20.1 Å². The van der Waals surface area contributed by atoms with Gasteiger partial charge in [-0.05, 0) is 49.2 Å². The zero-order valence-corrected chi connectivity index (χ0v) is 20.6. The molecule has 0 amide bonds. The van der Waals surface area contributed by atoms with Crippen LogP contribution < -0.4 is 20.1 Å². The number of hydrogen-bond acceptors (Lipinski definition) is 4. The average Bonchev–Trinajstić information content (AvgIpc) is 3.03. The van der Waals surface area contributed by atoms with Crippen molar-refractivity contribution in [3.05, 3.63) is 53.6 Å². The second-order valence-electron chi connectivity index (χ2n) is 7.87. The van der Waals surface area contributed by atoms with Crippen molar-refractivity contribution in [2.45, 2.75) is 38.8 Å². The molecule has 168 valence electrons. The molecule has 0 saturated carbocycles. The molecule has 0 bridgehead atoms. The summed E-state index contributed by atoms with van der Waals surface area (Å²) in [6.45, 7) is 5.53. The van der Waals surface area contributed by atoms with Crippen LogP contribution in [0.1, 0.15) is 36.8 Å². The maximum absolute atomic E-state index is 5.79. The molecule has 31 heavy (non-hydrogen) atoms. The number of piperidine rings is 1. The number of guanidine groups is 1. The van der Waals surface area contributed by atoms with Crippen LogP contribution in [0.3, 0.4) is 0 Å². The van der Waals surface area contributed by atoms with Crippen LogP contribution in [0.5, 0.6) is 11.5 Å². The third kappa shape index (κ3) is 6.74. The Labute approximate surface area is 202 Å². The fraction of sp³-hybridized carbons (Fsp3) is 0.458. The molecule has 2 aliphatic heterocycles. The van der Waals surface area contributed by atoms with E-state index in [2.05, 4.69) is 44.8 Å². The molecule has 0 aliphatic carbocycles. The Morgan fingerprint density at radius 3 is 2.45 bits per heavy atom. The van der Waals surface area contributed by atoms with Gasteiger partial charge >= 0.3 is 0 Å². The van der Waals surface area contributed by atoms with Gasteiger partial charge in [0.2, 0.25) is 0 Å². The number of likely N-dealkylation sites (tertiary alicyclic amines) is 1. The number of nitrogens with zero attached hydrogens (tertiary/aromatic N) is 2. The molecule has 0 aromatic heterocycles. The maximum Gasteiger partial charge on any atom is 0.195 e. The summed E-state index contributed by atoms with van der Waals surface area (Å²) < 4.78 is 11.5. The largest absolute Gasteiger partial charge is 0.490 e. The molecule has 1 fully saturated rings. The number of anilines is 1. The minimum absolute atomic E-state index is 0. The summed E-state index contributed by atoms with van der Waals surface area (Å²) in [5.41, 5.74) is 3.62. The number of nitrogens with one attached hydrogen (secondary N) is 2. The highest BCUT2D eigenvalue weighted by atomic mass is 127. The molecule has 2 aliphatic rings. The van der Waals surface area contributed by atoms with E-state index in [1.165, 1.54) is 43.5 Å². The Morgan fingerprint density at radius 1 is 0.935 bits per heavy atom. The monoisotopic (exact) mass is 536 g/mol. The minimum atomic E-state index is 0. The highest BCUT2D eigenvalue weighted by Gasteiger charge is 2.14. The Balaban J connectivity index is 0.00000272. The molecular weight excluding hydrogens is 503 g/mol. The van der Waals surface area contributed by atoms with Crippen molar-refractivity contribution in [3.63, 3.8) is 0 Å². The first-order valence-corrected chi connectivity index (χ1v) is 11.0. The van der Waals surface area contributed by atoms with Gasteiger partial charge in [-0.15, -0.1) is 24.0 Å². The average molecular weight is 536 g/mol. The van der Waals surface area contributed by atoms with Crippen molar-refractivity contribution < 1.29 is 9.47 Å². The number of rotatable bonds is 5. The Hall–Kier alpha value is -2.00. The molecule has 4 rings (SSSR count). The molecule has 0 atom stereocenters. The standard InChI is InChI=1S/C24H32N4O2.HI/c1-25-24(27-21-10-11-22-23(16-21)30-15-7-14-29-22)26-17-19-8-3-4-9-20(19)18-28-12-5-2-6-13-28;/h3-4,8-11,16H,2,5-7,12-15,17-18H2,1H3,(H2,25,26,27);1H. The topological polar surface area (TPSA) is 58.1 Å². The Kier molecular flexibility index (Phi) is 9.27. The number of fused-ring (bicyclic) bond motifs is 1. The summed E-state index contributed by atoms with van der Waals surface area (Å²) in [6.07, 6.45) is 4.89. The second-order valence-corrected chi connectivity index (χ2v) is 7.87. The summed E-state index contributed by atoms with van der Waals surface area (Å²) in [4.78, 5) is 6.95. The lowest BCUT2D eigenvalue weighted by Gasteiger charge is -2.27. The molecule has 2 heterocycles. The minimum Gasteiger partial charge on any atom is -0.490 e. The zero-order chi connectivity index (χ0) is 20.6. The third-order valence-corrected chi connectivity index (χ3v) is 5.64. The highest BCUT2D eigenvalue weighted by molar-refractivity contribution is 14.0. The van der Waals surface area contributed by atoms with Crippen LogP contribution in [0.25, 0.3) is 0 Å². The van der Waals surface area contributed by atoms with Crippen LogP contribution in [-0.2, 0) is 13.1 Å². The van der Waals surface area contributed by atoms with Gasteiger partial charge in [-0.3, -0.25) is 9.89 Å². The maximum atomic E-state index is 5.79. The molecule has 0 radical (unpaired) electrons. The van der Waals surface area contributed by atoms with E-state index < -0.39 is 0 Å². The molecule has 1 saturated heterocycles. The van der Waals surface area contributed by atoms with Gasteiger partial charge in [0.05, 0.1) is 13.2 Å². The molecular formula is C24H33IN4O2. The number of ether oxygens (including phenoxy) is 2. The van der Waals surface area contributed by atoms with Gasteiger partial charge in [-0.2, -0.15) is 0 Å². The lowest BCUT2D eigenvalue weighted by Crippen LogP contribution is -2.32. The first-order chi connectivity index (χ1) is 14.8. The van der Waals surface area contributed by atoms with E-state index in [0.717, 1.165) is 42.7 Å². The second kappa shape index (κ2) is 12.1. The summed E-state index contributed by atoms with van der Waals surface area (Å²) in [5.74, 6) is 2.31. The number of aliphatic imine (C=N–C) groups is 1. The SMILES string of the molecule is CN=C(NCc1ccccc1CN1CCCCC1)Nc1ccc2c(c1)OCCCO2.I. The van der Waals surface area contributed by atoms with Gasteiger partial charge in [-0.1, -0.05) is 30.7 Å². The molecule has 0 spiro atoms. The van der Waals surface area contributed by atoms with E-state index in [4.69, 9.17) is 9.47 Å². The number of halogens is 1. The van der Waals surface area contributed by atoms with Gasteiger partial charge in [0.1, 0.15) is 0 Å². The normalized spacial score (nSPS) is 16.7. The van der Waals surface area contributed by atoms with Crippen molar-refractivity contribution in [2.75, 3.05) is 38.7 Å². The van der Waals surface area contributed by atoms with Crippen molar-refractivity contribution in [1.82, 2.24) is 10.2 Å². The van der Waals surface area contributed by atoms with Crippen LogP contribution in [0.15, 0.2) is 47.5 Å². The van der Waals surface area contributed by atoms with Gasteiger partial charge in [0, 0.05) is 38.3 Å². The van der Waals surface area contributed by atoms with Crippen LogP contribution in [-0.4, -0.2) is 44.2 Å². The van der Waals surface area contributed by atoms with Crippen molar-refractivity contribution in [1.29, 1.82) is 0 Å². The fourth-order valence-electron chi connectivity index (χ4n) is 3.98. The van der Waals surface area contributed by atoms with Crippen molar-refractivity contribution >= 4 is 35.6 Å². The lowest BCUT2D eigenvalue weighted by molar-refractivity contribution is 0.220. The zero-order valence-electron chi connectivity index (χ0n) is 18.2. The van der Waals surface area contributed by atoms with E-state index in [9.17, 15) is 0 Å². The lowest BCUT2D eigenvalue weighted by atomic mass is 10.0. The van der Waals surface area contributed by atoms with Crippen LogP contribution in [0, 0.1) is 0 Å².